The van der Waals surface area contributed by atoms with Crippen LogP contribution in [-0.4, -0.2) is 17.8 Å². The first-order valence-corrected chi connectivity index (χ1v) is 6.39. The highest BCUT2D eigenvalue weighted by Crippen LogP contribution is 2.09. The number of thioether (sulfide) groups is 1. The second-order valence-electron chi connectivity index (χ2n) is 3.40. The van der Waals surface area contributed by atoms with Crippen molar-refractivity contribution in [2.75, 3.05) is 12.0 Å². The molecule has 0 aliphatic carbocycles. The third kappa shape index (κ3) is 4.34. The number of benzene rings is 1. The van der Waals surface area contributed by atoms with Gasteiger partial charge in [0.1, 0.15) is 0 Å². The molecule has 0 N–H and O–H groups in total. The highest BCUT2D eigenvalue weighted by atomic mass is 32.2. The van der Waals surface area contributed by atoms with E-state index in [0.717, 1.165) is 16.9 Å². The van der Waals surface area contributed by atoms with E-state index < -0.39 is 0 Å². The average Bonchev–Trinajstić information content (AvgIpc) is 2.27. The van der Waals surface area contributed by atoms with E-state index in [1.165, 1.54) is 0 Å². The van der Waals surface area contributed by atoms with Crippen LogP contribution in [0.3, 0.4) is 0 Å². The van der Waals surface area contributed by atoms with Crippen molar-refractivity contribution in [3.63, 3.8) is 0 Å². The zero-order valence-corrected chi connectivity index (χ0v) is 10.0. The smallest absolute Gasteiger partial charge is 0.159 e. The standard InChI is InChI=1S/C13H16OS/c1-11(13(14)8-9-15-2)10-12-6-4-3-5-7-12/h3-7,10H,8-9H2,1-2H3/b11-10+. The molecular weight excluding hydrogens is 204 g/mol. The number of carbonyl (C=O) groups is 1. The second-order valence-corrected chi connectivity index (χ2v) is 4.39. The van der Waals surface area contributed by atoms with Crippen LogP contribution in [0.25, 0.3) is 6.08 Å². The van der Waals surface area contributed by atoms with Crippen molar-refractivity contribution < 1.29 is 4.79 Å². The molecule has 80 valence electrons. The van der Waals surface area contributed by atoms with Crippen LogP contribution in [0.1, 0.15) is 18.9 Å². The monoisotopic (exact) mass is 220 g/mol. The van der Waals surface area contributed by atoms with Gasteiger partial charge in [-0.3, -0.25) is 4.79 Å². The molecule has 1 aromatic carbocycles. The Morgan fingerprint density at radius 1 is 1.33 bits per heavy atom. The van der Waals surface area contributed by atoms with Crippen molar-refractivity contribution in [1.82, 2.24) is 0 Å². The summed E-state index contributed by atoms with van der Waals surface area (Å²) in [6.45, 7) is 1.88. The summed E-state index contributed by atoms with van der Waals surface area (Å²) in [5.41, 5.74) is 1.93. The molecule has 2 heteroatoms. The van der Waals surface area contributed by atoms with Gasteiger partial charge >= 0.3 is 0 Å². The van der Waals surface area contributed by atoms with Gasteiger partial charge in [-0.05, 0) is 30.4 Å². The lowest BCUT2D eigenvalue weighted by molar-refractivity contribution is -0.115. The third-order valence-corrected chi connectivity index (χ3v) is 2.77. The normalized spacial score (nSPS) is 11.5. The Balaban J connectivity index is 2.63. The van der Waals surface area contributed by atoms with Crippen LogP contribution >= 0.6 is 11.8 Å². The fourth-order valence-corrected chi connectivity index (χ4v) is 1.66. The van der Waals surface area contributed by atoms with Gasteiger partial charge in [-0.25, -0.2) is 0 Å². The number of hydrogen-bond acceptors (Lipinski definition) is 2. The second kappa shape index (κ2) is 6.46. The molecule has 0 saturated heterocycles. The predicted molar refractivity (Wildman–Crippen MR) is 68.1 cm³/mol. The number of Topliss-reactive ketones (excluding diaryl/α,β-unsaturated/α-hetero) is 1. The van der Waals surface area contributed by atoms with Gasteiger partial charge in [0.25, 0.3) is 0 Å². The molecule has 0 unspecified atom stereocenters. The van der Waals surface area contributed by atoms with E-state index in [1.807, 2.05) is 49.6 Å². The third-order valence-electron chi connectivity index (χ3n) is 2.16. The van der Waals surface area contributed by atoms with Crippen molar-refractivity contribution >= 4 is 23.6 Å². The first-order valence-electron chi connectivity index (χ1n) is 4.99. The minimum Gasteiger partial charge on any atom is -0.295 e. The fraction of sp³-hybridized carbons (Fsp3) is 0.308. The summed E-state index contributed by atoms with van der Waals surface area (Å²) in [6.07, 6.45) is 4.60. The molecule has 1 aromatic rings. The van der Waals surface area contributed by atoms with Gasteiger partial charge in [-0.1, -0.05) is 30.3 Å². The molecule has 0 radical (unpaired) electrons. The molecule has 0 spiro atoms. The van der Waals surface area contributed by atoms with Crippen molar-refractivity contribution in [3.8, 4) is 0 Å². The number of allylic oxidation sites excluding steroid dienone is 1. The largest absolute Gasteiger partial charge is 0.295 e. The van der Waals surface area contributed by atoms with Crippen LogP contribution in [0.5, 0.6) is 0 Å². The topological polar surface area (TPSA) is 17.1 Å². The molecular formula is C13H16OS. The van der Waals surface area contributed by atoms with E-state index >= 15 is 0 Å². The summed E-state index contributed by atoms with van der Waals surface area (Å²) in [7, 11) is 0. The zero-order chi connectivity index (χ0) is 11.1. The average molecular weight is 220 g/mol. The summed E-state index contributed by atoms with van der Waals surface area (Å²) in [5.74, 6) is 1.15. The van der Waals surface area contributed by atoms with Crippen LogP contribution in [0, 0.1) is 0 Å². The molecule has 15 heavy (non-hydrogen) atoms. The summed E-state index contributed by atoms with van der Waals surface area (Å²) in [4.78, 5) is 11.6. The summed E-state index contributed by atoms with van der Waals surface area (Å²) in [5, 5.41) is 0. The van der Waals surface area contributed by atoms with Crippen molar-refractivity contribution in [2.45, 2.75) is 13.3 Å². The van der Waals surface area contributed by atoms with Gasteiger partial charge in [-0.2, -0.15) is 11.8 Å². The molecule has 1 rings (SSSR count). The summed E-state index contributed by atoms with van der Waals surface area (Å²) >= 11 is 1.71. The molecule has 0 atom stereocenters. The van der Waals surface area contributed by atoms with E-state index in [0.29, 0.717) is 6.42 Å². The summed E-state index contributed by atoms with van der Waals surface area (Å²) < 4.78 is 0. The van der Waals surface area contributed by atoms with Gasteiger partial charge in [0.05, 0.1) is 0 Å². The Bertz CT molecular complexity index is 341. The Morgan fingerprint density at radius 2 is 2.00 bits per heavy atom. The van der Waals surface area contributed by atoms with Crippen molar-refractivity contribution in [3.05, 3.63) is 41.5 Å². The van der Waals surface area contributed by atoms with Crippen LogP contribution in [-0.2, 0) is 4.79 Å². The molecule has 0 heterocycles. The highest BCUT2D eigenvalue weighted by Gasteiger charge is 2.03. The zero-order valence-electron chi connectivity index (χ0n) is 9.19. The van der Waals surface area contributed by atoms with Gasteiger partial charge in [0.15, 0.2) is 5.78 Å². The lowest BCUT2D eigenvalue weighted by atomic mass is 10.1. The first kappa shape index (κ1) is 12.1. The Morgan fingerprint density at radius 3 is 2.60 bits per heavy atom. The van der Waals surface area contributed by atoms with Crippen LogP contribution < -0.4 is 0 Å². The quantitative estimate of drug-likeness (QED) is 0.707. The SMILES string of the molecule is CSCCC(=O)/C(C)=C/c1ccccc1. The van der Waals surface area contributed by atoms with Gasteiger partial charge in [0, 0.05) is 12.2 Å². The molecule has 0 bridgehead atoms. The molecule has 0 saturated carbocycles. The Labute approximate surface area is 95.6 Å². The van der Waals surface area contributed by atoms with Crippen molar-refractivity contribution in [2.24, 2.45) is 0 Å². The number of rotatable bonds is 5. The van der Waals surface area contributed by atoms with Crippen LogP contribution in [0.4, 0.5) is 0 Å². The van der Waals surface area contributed by atoms with Gasteiger partial charge < -0.3 is 0 Å². The lowest BCUT2D eigenvalue weighted by Gasteiger charge is -2.00. The highest BCUT2D eigenvalue weighted by molar-refractivity contribution is 7.98. The van der Waals surface area contributed by atoms with E-state index in [4.69, 9.17) is 0 Å². The van der Waals surface area contributed by atoms with E-state index in [9.17, 15) is 4.79 Å². The van der Waals surface area contributed by atoms with Gasteiger partial charge in [-0.15, -0.1) is 0 Å². The minimum absolute atomic E-state index is 0.244. The van der Waals surface area contributed by atoms with Crippen molar-refractivity contribution in [1.29, 1.82) is 0 Å². The Hall–Kier alpha value is -1.02. The fourth-order valence-electron chi connectivity index (χ4n) is 1.27. The van der Waals surface area contributed by atoms with E-state index in [-0.39, 0.29) is 5.78 Å². The van der Waals surface area contributed by atoms with Crippen LogP contribution in [0.15, 0.2) is 35.9 Å². The Kier molecular flexibility index (Phi) is 5.19. The van der Waals surface area contributed by atoms with Gasteiger partial charge in [0.2, 0.25) is 0 Å². The van der Waals surface area contributed by atoms with Crippen LogP contribution in [0.2, 0.25) is 0 Å². The maximum Gasteiger partial charge on any atom is 0.159 e. The number of carbonyl (C=O) groups excluding carboxylic acids is 1. The predicted octanol–water partition coefficient (Wildman–Crippen LogP) is 3.41. The molecule has 0 amide bonds. The minimum atomic E-state index is 0.244. The lowest BCUT2D eigenvalue weighted by Crippen LogP contribution is -2.00. The first-order chi connectivity index (χ1) is 7.24. The molecule has 0 fully saturated rings. The molecule has 0 aromatic heterocycles. The maximum atomic E-state index is 11.6. The van der Waals surface area contributed by atoms with E-state index in [1.54, 1.807) is 11.8 Å². The molecule has 0 aliphatic heterocycles. The summed E-state index contributed by atoms with van der Waals surface area (Å²) in [6, 6.07) is 9.94. The maximum absolute atomic E-state index is 11.6. The molecule has 0 aliphatic rings. The number of hydrogen-bond donors (Lipinski definition) is 0. The molecule has 1 nitrogen and oxygen atoms in total. The number of ketones is 1. The van der Waals surface area contributed by atoms with E-state index in [2.05, 4.69) is 0 Å².